The Hall–Kier alpha value is -2.89. The molecule has 0 spiro atoms. The van der Waals surface area contributed by atoms with Gasteiger partial charge < -0.3 is 20.0 Å². The van der Waals surface area contributed by atoms with Gasteiger partial charge in [0, 0.05) is 51.4 Å². The van der Waals surface area contributed by atoms with E-state index in [0.29, 0.717) is 57.8 Å². The molecule has 12 heteroatoms. The molecule has 2 aliphatic heterocycles. The van der Waals surface area contributed by atoms with Gasteiger partial charge in [-0.15, -0.1) is 0 Å². The summed E-state index contributed by atoms with van der Waals surface area (Å²) < 4.78 is 45.5. The Kier molecular flexibility index (Phi) is 8.81. The van der Waals surface area contributed by atoms with Crippen molar-refractivity contribution < 1.29 is 42.2 Å². The Morgan fingerprint density at radius 3 is 2.09 bits per heavy atom. The van der Waals surface area contributed by atoms with Gasteiger partial charge in [0.05, 0.1) is 5.92 Å². The fourth-order valence-corrected chi connectivity index (χ4v) is 3.52. The van der Waals surface area contributed by atoms with Crippen LogP contribution in [-0.4, -0.2) is 88.3 Å². The van der Waals surface area contributed by atoms with Gasteiger partial charge in [0.2, 0.25) is 0 Å². The van der Waals surface area contributed by atoms with Crippen LogP contribution in [-0.2, 0) is 16.1 Å². The van der Waals surface area contributed by atoms with E-state index in [2.05, 4.69) is 4.90 Å². The van der Waals surface area contributed by atoms with Crippen LogP contribution in [0.2, 0.25) is 0 Å². The Balaban J connectivity index is 0.000000451. The monoisotopic (exact) mass is 463 g/mol. The SMILES string of the molecule is O=C(O)C(F)(F)F.O=C(O)C1CCCN(C(=O)N2CCN(Cc3ccccc3F)CC2)C1. The largest absolute Gasteiger partial charge is 0.490 e. The second-order valence-electron chi connectivity index (χ2n) is 7.56. The van der Waals surface area contributed by atoms with Crippen molar-refractivity contribution >= 4 is 18.0 Å². The lowest BCUT2D eigenvalue weighted by Crippen LogP contribution is -2.54. The van der Waals surface area contributed by atoms with Crippen molar-refractivity contribution in [2.24, 2.45) is 5.92 Å². The average molecular weight is 463 g/mol. The van der Waals surface area contributed by atoms with Gasteiger partial charge in [0.1, 0.15) is 5.82 Å². The van der Waals surface area contributed by atoms with Crippen molar-refractivity contribution in [2.45, 2.75) is 25.6 Å². The molecule has 8 nitrogen and oxygen atoms in total. The van der Waals surface area contributed by atoms with Crippen LogP contribution < -0.4 is 0 Å². The minimum absolute atomic E-state index is 0.0727. The van der Waals surface area contributed by atoms with E-state index < -0.39 is 24.0 Å². The van der Waals surface area contributed by atoms with E-state index >= 15 is 0 Å². The number of alkyl halides is 3. The summed E-state index contributed by atoms with van der Waals surface area (Å²) in [6, 6.07) is 6.68. The van der Waals surface area contributed by atoms with Gasteiger partial charge in [-0.2, -0.15) is 13.2 Å². The molecule has 0 aromatic heterocycles. The van der Waals surface area contributed by atoms with Gasteiger partial charge in [-0.3, -0.25) is 9.69 Å². The van der Waals surface area contributed by atoms with Crippen molar-refractivity contribution in [3.05, 3.63) is 35.6 Å². The fourth-order valence-electron chi connectivity index (χ4n) is 3.52. The molecule has 0 bridgehead atoms. The van der Waals surface area contributed by atoms with Crippen LogP contribution in [0.1, 0.15) is 18.4 Å². The number of carboxylic acid groups (broad SMARTS) is 2. The lowest BCUT2D eigenvalue weighted by molar-refractivity contribution is -0.192. The Morgan fingerprint density at radius 2 is 1.56 bits per heavy atom. The van der Waals surface area contributed by atoms with Crippen molar-refractivity contribution in [2.75, 3.05) is 39.3 Å². The predicted octanol–water partition coefficient (Wildman–Crippen LogP) is 2.49. The summed E-state index contributed by atoms with van der Waals surface area (Å²) >= 11 is 0. The number of hydrogen-bond donors (Lipinski definition) is 2. The number of nitrogens with zero attached hydrogens (tertiary/aromatic N) is 3. The number of carbonyl (C=O) groups is 3. The summed E-state index contributed by atoms with van der Waals surface area (Å²) in [6.45, 7) is 4.01. The van der Waals surface area contributed by atoms with Gasteiger partial charge >= 0.3 is 24.1 Å². The topological polar surface area (TPSA) is 101 Å². The van der Waals surface area contributed by atoms with Crippen molar-refractivity contribution in [1.29, 1.82) is 0 Å². The molecule has 2 amide bonds. The van der Waals surface area contributed by atoms with Crippen LogP contribution in [0.5, 0.6) is 0 Å². The molecule has 1 atom stereocenters. The first-order valence-corrected chi connectivity index (χ1v) is 10.0. The molecule has 178 valence electrons. The summed E-state index contributed by atoms with van der Waals surface area (Å²) in [7, 11) is 0. The maximum atomic E-state index is 13.7. The first-order chi connectivity index (χ1) is 15.0. The highest BCUT2D eigenvalue weighted by Crippen LogP contribution is 2.19. The number of benzene rings is 1. The van der Waals surface area contributed by atoms with Crippen molar-refractivity contribution in [3.8, 4) is 0 Å². The summed E-state index contributed by atoms with van der Waals surface area (Å²) in [5.74, 6) is -4.24. The second kappa shape index (κ2) is 11.1. The summed E-state index contributed by atoms with van der Waals surface area (Å²) in [6.07, 6.45) is -3.72. The maximum absolute atomic E-state index is 13.7. The number of carbonyl (C=O) groups excluding carboxylic acids is 1. The van der Waals surface area contributed by atoms with E-state index in [1.54, 1.807) is 21.9 Å². The molecular weight excluding hydrogens is 438 g/mol. The summed E-state index contributed by atoms with van der Waals surface area (Å²) in [5.41, 5.74) is 0.669. The number of rotatable bonds is 3. The van der Waals surface area contributed by atoms with Gasteiger partial charge in [0.15, 0.2) is 0 Å². The average Bonchev–Trinajstić information content (AvgIpc) is 2.75. The van der Waals surface area contributed by atoms with Gasteiger partial charge in [0.25, 0.3) is 0 Å². The summed E-state index contributed by atoms with van der Waals surface area (Å²) in [5, 5.41) is 16.3. The highest BCUT2D eigenvalue weighted by Gasteiger charge is 2.38. The molecule has 1 aromatic rings. The van der Waals surface area contributed by atoms with Crippen molar-refractivity contribution in [1.82, 2.24) is 14.7 Å². The van der Waals surface area contributed by atoms with Gasteiger partial charge in [-0.05, 0) is 18.9 Å². The number of halogens is 4. The first kappa shape index (κ1) is 25.4. The number of likely N-dealkylation sites (tertiary alicyclic amines) is 1. The molecule has 0 radical (unpaired) electrons. The Labute approximate surface area is 182 Å². The van der Waals surface area contributed by atoms with Crippen LogP contribution in [0, 0.1) is 11.7 Å². The third-order valence-corrected chi connectivity index (χ3v) is 5.28. The van der Waals surface area contributed by atoms with Gasteiger partial charge in [-0.1, -0.05) is 18.2 Å². The maximum Gasteiger partial charge on any atom is 0.490 e. The number of piperidine rings is 1. The van der Waals surface area contributed by atoms with Crippen LogP contribution in [0.3, 0.4) is 0 Å². The third kappa shape index (κ3) is 7.36. The van der Waals surface area contributed by atoms with E-state index in [-0.39, 0.29) is 11.8 Å². The number of hydrogen-bond acceptors (Lipinski definition) is 4. The van der Waals surface area contributed by atoms with E-state index in [0.717, 1.165) is 6.42 Å². The molecule has 3 rings (SSSR count). The number of piperazine rings is 1. The number of carboxylic acids is 2. The predicted molar refractivity (Wildman–Crippen MR) is 104 cm³/mol. The van der Waals surface area contributed by atoms with E-state index in [4.69, 9.17) is 15.0 Å². The zero-order chi connectivity index (χ0) is 23.9. The lowest BCUT2D eigenvalue weighted by atomic mass is 9.98. The number of amides is 2. The second-order valence-corrected chi connectivity index (χ2v) is 7.56. The van der Waals surface area contributed by atoms with E-state index in [1.807, 2.05) is 6.07 Å². The Bertz CT molecular complexity index is 813. The molecule has 32 heavy (non-hydrogen) atoms. The van der Waals surface area contributed by atoms with E-state index in [9.17, 15) is 27.2 Å². The quantitative estimate of drug-likeness (QED) is 0.668. The number of aliphatic carboxylic acids is 2. The lowest BCUT2D eigenvalue weighted by Gasteiger charge is -2.39. The smallest absolute Gasteiger partial charge is 0.481 e. The minimum Gasteiger partial charge on any atom is -0.481 e. The van der Waals surface area contributed by atoms with Crippen molar-refractivity contribution in [3.63, 3.8) is 0 Å². The number of urea groups is 1. The molecule has 2 saturated heterocycles. The standard InChI is InChI=1S/C18H24FN3O3.C2HF3O2/c19-16-6-2-1-4-14(16)12-20-8-10-21(11-9-20)18(25)22-7-3-5-15(13-22)17(23)24;3-2(4,5)1(6)7/h1-2,4,6,15H,3,5,7-13H2,(H,23,24);(H,6,7). The molecule has 0 aliphatic carbocycles. The van der Waals surface area contributed by atoms with Crippen LogP contribution >= 0.6 is 0 Å². The zero-order valence-corrected chi connectivity index (χ0v) is 17.2. The molecule has 2 fully saturated rings. The highest BCUT2D eigenvalue weighted by molar-refractivity contribution is 5.77. The van der Waals surface area contributed by atoms with Crippen LogP contribution in [0.25, 0.3) is 0 Å². The Morgan fingerprint density at radius 1 is 0.969 bits per heavy atom. The molecule has 0 saturated carbocycles. The first-order valence-electron chi connectivity index (χ1n) is 10.0. The van der Waals surface area contributed by atoms with Gasteiger partial charge in [-0.25, -0.2) is 14.0 Å². The zero-order valence-electron chi connectivity index (χ0n) is 17.2. The molecule has 1 unspecified atom stereocenters. The molecular formula is C20H25F4N3O5. The molecule has 2 N–H and O–H groups in total. The normalized spacial score (nSPS) is 19.7. The van der Waals surface area contributed by atoms with Crippen LogP contribution in [0.15, 0.2) is 24.3 Å². The minimum atomic E-state index is -5.08. The molecule has 1 aromatic carbocycles. The highest BCUT2D eigenvalue weighted by atomic mass is 19.4. The molecule has 2 aliphatic rings. The summed E-state index contributed by atoms with van der Waals surface area (Å²) in [4.78, 5) is 38.2. The third-order valence-electron chi connectivity index (χ3n) is 5.28. The molecule has 2 heterocycles. The fraction of sp³-hybridized carbons (Fsp3) is 0.550. The van der Waals surface area contributed by atoms with E-state index in [1.165, 1.54) is 6.07 Å². The van der Waals surface area contributed by atoms with Crippen LogP contribution in [0.4, 0.5) is 22.4 Å².